The average Bonchev–Trinajstić information content (AvgIpc) is 2.37. The van der Waals surface area contributed by atoms with Gasteiger partial charge in [-0.3, -0.25) is 0 Å². The van der Waals surface area contributed by atoms with Gasteiger partial charge in [0.05, 0.1) is 6.61 Å². The van der Waals surface area contributed by atoms with Gasteiger partial charge < -0.3 is 10.5 Å². The molecule has 0 radical (unpaired) electrons. The van der Waals surface area contributed by atoms with Gasteiger partial charge in [-0.15, -0.1) is 0 Å². The Morgan fingerprint density at radius 3 is 2.63 bits per heavy atom. The molecule has 0 spiro atoms. The molecule has 0 unspecified atom stereocenters. The van der Waals surface area contributed by atoms with Crippen molar-refractivity contribution in [3.63, 3.8) is 0 Å². The number of hydrogen-bond acceptors (Lipinski definition) is 4. The van der Waals surface area contributed by atoms with E-state index in [2.05, 4.69) is 4.72 Å². The van der Waals surface area contributed by atoms with Crippen molar-refractivity contribution >= 4 is 10.0 Å². The number of halogens is 2. The summed E-state index contributed by atoms with van der Waals surface area (Å²) in [6, 6.07) is 1.88. The van der Waals surface area contributed by atoms with Crippen molar-refractivity contribution in [3.05, 3.63) is 29.3 Å². The normalized spacial score (nSPS) is 11.8. The SMILES string of the molecule is CCOCCNS(=O)(=O)c1cc(CN)cc(F)c1F. The second-order valence-electron chi connectivity index (χ2n) is 3.69. The van der Waals surface area contributed by atoms with Crippen LogP contribution >= 0.6 is 0 Å². The van der Waals surface area contributed by atoms with E-state index in [1.54, 1.807) is 6.92 Å². The topological polar surface area (TPSA) is 81.4 Å². The molecule has 0 aromatic heterocycles. The lowest BCUT2D eigenvalue weighted by molar-refractivity contribution is 0.153. The van der Waals surface area contributed by atoms with Gasteiger partial charge in [-0.2, -0.15) is 0 Å². The second kappa shape index (κ2) is 6.90. The van der Waals surface area contributed by atoms with Crippen molar-refractivity contribution < 1.29 is 21.9 Å². The Balaban J connectivity index is 2.97. The Morgan fingerprint density at radius 2 is 2.05 bits per heavy atom. The maximum absolute atomic E-state index is 13.5. The predicted molar refractivity (Wildman–Crippen MR) is 65.9 cm³/mol. The summed E-state index contributed by atoms with van der Waals surface area (Å²) in [5.41, 5.74) is 5.49. The molecule has 0 atom stereocenters. The van der Waals surface area contributed by atoms with Crippen molar-refractivity contribution in [1.29, 1.82) is 0 Å². The third kappa shape index (κ3) is 4.20. The van der Waals surface area contributed by atoms with E-state index in [0.717, 1.165) is 12.1 Å². The molecule has 0 aliphatic rings. The van der Waals surface area contributed by atoms with Gasteiger partial charge >= 0.3 is 0 Å². The van der Waals surface area contributed by atoms with Gasteiger partial charge in [-0.25, -0.2) is 21.9 Å². The molecule has 8 heteroatoms. The summed E-state index contributed by atoms with van der Waals surface area (Å²) >= 11 is 0. The molecule has 19 heavy (non-hydrogen) atoms. The number of benzene rings is 1. The van der Waals surface area contributed by atoms with Gasteiger partial charge in [-0.1, -0.05) is 0 Å². The zero-order valence-corrected chi connectivity index (χ0v) is 11.3. The van der Waals surface area contributed by atoms with Gasteiger partial charge in [0.15, 0.2) is 11.6 Å². The molecular weight excluding hydrogens is 278 g/mol. The highest BCUT2D eigenvalue weighted by Crippen LogP contribution is 2.19. The third-order valence-electron chi connectivity index (χ3n) is 2.32. The highest BCUT2D eigenvalue weighted by Gasteiger charge is 2.22. The summed E-state index contributed by atoms with van der Waals surface area (Å²) in [4.78, 5) is -0.746. The van der Waals surface area contributed by atoms with Crippen LogP contribution in [0.2, 0.25) is 0 Å². The van der Waals surface area contributed by atoms with Gasteiger partial charge in [-0.05, 0) is 24.6 Å². The average molecular weight is 294 g/mol. The standard InChI is InChI=1S/C11H16F2N2O3S/c1-2-18-4-3-15-19(16,17)10-6-8(7-14)5-9(12)11(10)13/h5-6,15H,2-4,7,14H2,1H3. The molecule has 1 aromatic rings. The monoisotopic (exact) mass is 294 g/mol. The van der Waals surface area contributed by atoms with Crippen LogP contribution in [-0.2, 0) is 21.3 Å². The van der Waals surface area contributed by atoms with E-state index in [1.807, 2.05) is 0 Å². The van der Waals surface area contributed by atoms with Crippen molar-refractivity contribution in [2.24, 2.45) is 5.73 Å². The van der Waals surface area contributed by atoms with Crippen LogP contribution in [0.5, 0.6) is 0 Å². The van der Waals surface area contributed by atoms with Crippen LogP contribution in [0.1, 0.15) is 12.5 Å². The van der Waals surface area contributed by atoms with Crippen LogP contribution in [0.4, 0.5) is 8.78 Å². The molecule has 5 nitrogen and oxygen atoms in total. The zero-order valence-electron chi connectivity index (χ0n) is 10.4. The van der Waals surface area contributed by atoms with E-state index >= 15 is 0 Å². The highest BCUT2D eigenvalue weighted by molar-refractivity contribution is 7.89. The van der Waals surface area contributed by atoms with Crippen molar-refractivity contribution in [3.8, 4) is 0 Å². The summed E-state index contributed by atoms with van der Waals surface area (Å²) in [5.74, 6) is -2.66. The van der Waals surface area contributed by atoms with Gasteiger partial charge in [0.2, 0.25) is 10.0 Å². The minimum absolute atomic E-state index is 0.0237. The van der Waals surface area contributed by atoms with Crippen molar-refractivity contribution in [1.82, 2.24) is 4.72 Å². The Hall–Kier alpha value is -1.09. The number of nitrogens with one attached hydrogen (secondary N) is 1. The van der Waals surface area contributed by atoms with Crippen LogP contribution in [0.15, 0.2) is 17.0 Å². The molecule has 0 aliphatic carbocycles. The fourth-order valence-corrected chi connectivity index (χ4v) is 2.55. The largest absolute Gasteiger partial charge is 0.380 e. The lowest BCUT2D eigenvalue weighted by Gasteiger charge is -2.09. The molecule has 108 valence electrons. The molecule has 0 bridgehead atoms. The highest BCUT2D eigenvalue weighted by atomic mass is 32.2. The quantitative estimate of drug-likeness (QED) is 0.727. The number of sulfonamides is 1. The molecule has 1 rings (SSSR count). The summed E-state index contributed by atoms with van der Waals surface area (Å²) in [5, 5.41) is 0. The maximum Gasteiger partial charge on any atom is 0.243 e. The molecule has 0 fully saturated rings. The summed E-state index contributed by atoms with van der Waals surface area (Å²) in [6.45, 7) is 2.24. The minimum atomic E-state index is -4.13. The first-order chi connectivity index (χ1) is 8.92. The first-order valence-electron chi connectivity index (χ1n) is 5.67. The Morgan fingerprint density at radius 1 is 1.37 bits per heavy atom. The molecule has 0 amide bonds. The molecule has 0 heterocycles. The van der Waals surface area contributed by atoms with Crippen molar-refractivity contribution in [2.45, 2.75) is 18.4 Å². The van der Waals surface area contributed by atoms with Crippen LogP contribution in [0, 0.1) is 11.6 Å². The molecule has 0 saturated carbocycles. The molecule has 1 aromatic carbocycles. The third-order valence-corrected chi connectivity index (χ3v) is 3.78. The second-order valence-corrected chi connectivity index (χ2v) is 5.42. The Bertz CT molecular complexity index is 535. The first-order valence-corrected chi connectivity index (χ1v) is 7.16. The molecular formula is C11H16F2N2O3S. The molecule has 0 saturated heterocycles. The molecule has 3 N–H and O–H groups in total. The van der Waals surface area contributed by atoms with Crippen LogP contribution in [0.25, 0.3) is 0 Å². The van der Waals surface area contributed by atoms with Gasteiger partial charge in [0.1, 0.15) is 4.90 Å². The summed E-state index contributed by atoms with van der Waals surface area (Å²) in [6.07, 6.45) is 0. The number of ether oxygens (including phenoxy) is 1. The van der Waals surface area contributed by atoms with Crippen LogP contribution in [-0.4, -0.2) is 28.2 Å². The van der Waals surface area contributed by atoms with E-state index in [4.69, 9.17) is 10.5 Å². The van der Waals surface area contributed by atoms with E-state index in [1.165, 1.54) is 0 Å². The lowest BCUT2D eigenvalue weighted by atomic mass is 10.2. The van der Waals surface area contributed by atoms with Gasteiger partial charge in [0, 0.05) is 19.7 Å². The van der Waals surface area contributed by atoms with E-state index in [0.29, 0.717) is 6.61 Å². The first kappa shape index (κ1) is 16.0. The minimum Gasteiger partial charge on any atom is -0.380 e. The fourth-order valence-electron chi connectivity index (χ4n) is 1.40. The zero-order chi connectivity index (χ0) is 14.5. The van der Waals surface area contributed by atoms with Gasteiger partial charge in [0.25, 0.3) is 0 Å². The van der Waals surface area contributed by atoms with E-state index in [-0.39, 0.29) is 25.3 Å². The van der Waals surface area contributed by atoms with Crippen molar-refractivity contribution in [2.75, 3.05) is 19.8 Å². The Labute approximate surface area is 110 Å². The van der Waals surface area contributed by atoms with E-state index < -0.39 is 26.6 Å². The number of hydrogen-bond donors (Lipinski definition) is 2. The smallest absolute Gasteiger partial charge is 0.243 e. The van der Waals surface area contributed by atoms with Crippen LogP contribution < -0.4 is 10.5 Å². The fraction of sp³-hybridized carbons (Fsp3) is 0.455. The predicted octanol–water partition coefficient (Wildman–Crippen LogP) is 0.738. The number of nitrogens with two attached hydrogens (primary N) is 1. The lowest BCUT2D eigenvalue weighted by Crippen LogP contribution is -2.28. The molecule has 0 aliphatic heterocycles. The van der Waals surface area contributed by atoms with E-state index in [9.17, 15) is 17.2 Å². The number of rotatable bonds is 7. The maximum atomic E-state index is 13.5. The Kier molecular flexibility index (Phi) is 5.80. The summed E-state index contributed by atoms with van der Waals surface area (Å²) in [7, 11) is -4.13. The van der Waals surface area contributed by atoms with Crippen LogP contribution in [0.3, 0.4) is 0 Å². The summed E-state index contributed by atoms with van der Waals surface area (Å²) < 4.78 is 57.5.